The minimum Gasteiger partial charge on any atom is -0.310 e. The molecule has 0 atom stereocenters. The first-order valence-electron chi connectivity index (χ1n) is 24.5. The molecule has 0 bridgehead atoms. The van der Waals surface area contributed by atoms with Crippen molar-refractivity contribution in [3.63, 3.8) is 0 Å². The monoisotopic (exact) mass is 901 g/mol. The van der Waals surface area contributed by atoms with E-state index in [1.807, 2.05) is 0 Å². The molecule has 0 aliphatic rings. The van der Waals surface area contributed by atoms with Gasteiger partial charge in [-0.05, 0) is 147 Å². The van der Waals surface area contributed by atoms with Crippen molar-refractivity contribution in [2.75, 3.05) is 4.90 Å². The molecule has 0 radical (unpaired) electrons. The van der Waals surface area contributed by atoms with Crippen LogP contribution in [0.5, 0.6) is 0 Å². The Balaban J connectivity index is 0.951. The molecule has 0 heterocycles. The molecule has 13 rings (SSSR count). The average Bonchev–Trinajstić information content (AvgIpc) is 3.45. The van der Waals surface area contributed by atoms with Gasteiger partial charge in [-0.25, -0.2) is 0 Å². The van der Waals surface area contributed by atoms with Gasteiger partial charge in [-0.15, -0.1) is 0 Å². The third kappa shape index (κ3) is 7.71. The minimum atomic E-state index is 1.08. The summed E-state index contributed by atoms with van der Waals surface area (Å²) < 4.78 is 0. The highest BCUT2D eigenvalue weighted by atomic mass is 15.1. The van der Waals surface area contributed by atoms with Crippen molar-refractivity contribution in [3.8, 4) is 66.8 Å². The van der Waals surface area contributed by atoms with Crippen LogP contribution in [0.15, 0.2) is 285 Å². The van der Waals surface area contributed by atoms with E-state index in [0.717, 1.165) is 28.2 Å². The number of benzene rings is 13. The average molecular weight is 902 g/mol. The second-order valence-electron chi connectivity index (χ2n) is 18.4. The maximum atomic E-state index is 2.43. The van der Waals surface area contributed by atoms with E-state index in [0.29, 0.717) is 0 Å². The molecular formula is C70H47N. The highest BCUT2D eigenvalue weighted by Gasteiger charge is 2.21. The quantitative estimate of drug-likeness (QED) is 0.131. The number of para-hydroxylation sites is 1. The maximum absolute atomic E-state index is 2.43. The lowest BCUT2D eigenvalue weighted by molar-refractivity contribution is 1.28. The van der Waals surface area contributed by atoms with Crippen LogP contribution in [0.2, 0.25) is 0 Å². The molecule has 0 N–H and O–H groups in total. The van der Waals surface area contributed by atoms with Gasteiger partial charge in [-0.2, -0.15) is 0 Å². The maximum Gasteiger partial charge on any atom is 0.0540 e. The first-order chi connectivity index (χ1) is 35.2. The van der Waals surface area contributed by atoms with Gasteiger partial charge >= 0.3 is 0 Å². The summed E-state index contributed by atoms with van der Waals surface area (Å²) in [6, 6.07) is 104. The predicted molar refractivity (Wildman–Crippen MR) is 304 cm³/mol. The summed E-state index contributed by atoms with van der Waals surface area (Å²) in [5.41, 5.74) is 17.7. The summed E-state index contributed by atoms with van der Waals surface area (Å²) in [6.45, 7) is 0. The standard InChI is InChI=1S/C70H47N/c1-3-18-54(19-4-1)69-66-27-12-11-26-64(66)65-45-40-58(47-67(65)70(69)55-20-5-2-6-21-55)63-25-13-14-29-68(63)71(60-43-38-51(39-44-60)57-35-32-48-16-7-8-22-56(48)46-57)59-41-36-50(37-42-59)49-30-33-53(34-31-49)62-28-15-23-52-17-9-10-24-61(52)62/h1-47H. The lowest BCUT2D eigenvalue weighted by Crippen LogP contribution is -2.11. The molecule has 0 aliphatic carbocycles. The molecule has 332 valence electrons. The van der Waals surface area contributed by atoms with Crippen LogP contribution in [0.25, 0.3) is 110 Å². The molecule has 13 aromatic rings. The molecule has 0 amide bonds. The smallest absolute Gasteiger partial charge is 0.0540 e. The Bertz CT molecular complexity index is 4060. The Morgan fingerprint density at radius 3 is 1.34 bits per heavy atom. The molecule has 0 saturated carbocycles. The lowest BCUT2D eigenvalue weighted by Gasteiger charge is -2.28. The fraction of sp³-hybridized carbons (Fsp3) is 0. The highest BCUT2D eigenvalue weighted by molar-refractivity contribution is 6.22. The number of hydrogen-bond acceptors (Lipinski definition) is 1. The van der Waals surface area contributed by atoms with E-state index in [4.69, 9.17) is 0 Å². The molecular weight excluding hydrogens is 855 g/mol. The van der Waals surface area contributed by atoms with Gasteiger partial charge in [-0.3, -0.25) is 0 Å². The number of fused-ring (bicyclic) bond motifs is 5. The van der Waals surface area contributed by atoms with Gasteiger partial charge in [0.25, 0.3) is 0 Å². The zero-order chi connectivity index (χ0) is 47.1. The fourth-order valence-corrected chi connectivity index (χ4v) is 10.8. The van der Waals surface area contributed by atoms with E-state index < -0.39 is 0 Å². The van der Waals surface area contributed by atoms with E-state index in [2.05, 4.69) is 290 Å². The van der Waals surface area contributed by atoms with Crippen molar-refractivity contribution in [2.24, 2.45) is 0 Å². The molecule has 0 unspecified atom stereocenters. The van der Waals surface area contributed by atoms with Crippen molar-refractivity contribution in [1.82, 2.24) is 0 Å². The minimum absolute atomic E-state index is 1.08. The van der Waals surface area contributed by atoms with Crippen LogP contribution < -0.4 is 4.90 Å². The summed E-state index contributed by atoms with van der Waals surface area (Å²) in [7, 11) is 0. The second-order valence-corrected chi connectivity index (χ2v) is 18.4. The fourth-order valence-electron chi connectivity index (χ4n) is 10.8. The van der Waals surface area contributed by atoms with Crippen LogP contribution in [0.1, 0.15) is 0 Å². The number of nitrogens with zero attached hydrogens (tertiary/aromatic N) is 1. The highest BCUT2D eigenvalue weighted by Crippen LogP contribution is 2.48. The van der Waals surface area contributed by atoms with Crippen molar-refractivity contribution < 1.29 is 0 Å². The Kier molecular flexibility index (Phi) is 10.6. The lowest BCUT2D eigenvalue weighted by atomic mass is 9.84. The summed E-state index contributed by atoms with van der Waals surface area (Å²) in [6.07, 6.45) is 0. The van der Waals surface area contributed by atoms with Crippen molar-refractivity contribution in [2.45, 2.75) is 0 Å². The summed E-state index contributed by atoms with van der Waals surface area (Å²) in [5, 5.41) is 9.96. The van der Waals surface area contributed by atoms with Crippen LogP contribution in [0, 0.1) is 0 Å². The Morgan fingerprint density at radius 2 is 0.648 bits per heavy atom. The number of rotatable bonds is 9. The molecule has 0 aliphatic heterocycles. The van der Waals surface area contributed by atoms with Crippen LogP contribution in [0.3, 0.4) is 0 Å². The van der Waals surface area contributed by atoms with Gasteiger partial charge in [0.2, 0.25) is 0 Å². The number of hydrogen-bond donors (Lipinski definition) is 0. The Labute approximate surface area is 414 Å². The predicted octanol–water partition coefficient (Wildman–Crippen LogP) is 19.8. The topological polar surface area (TPSA) is 3.24 Å². The van der Waals surface area contributed by atoms with Gasteiger partial charge in [0.05, 0.1) is 5.69 Å². The van der Waals surface area contributed by atoms with Crippen molar-refractivity contribution >= 4 is 60.2 Å². The van der Waals surface area contributed by atoms with Gasteiger partial charge in [0, 0.05) is 16.9 Å². The zero-order valence-corrected chi connectivity index (χ0v) is 39.1. The normalized spacial score (nSPS) is 11.4. The summed E-state index contributed by atoms with van der Waals surface area (Å²) >= 11 is 0. The largest absolute Gasteiger partial charge is 0.310 e. The van der Waals surface area contributed by atoms with E-state index in [-0.39, 0.29) is 0 Å². The molecule has 1 nitrogen and oxygen atoms in total. The summed E-state index contributed by atoms with van der Waals surface area (Å²) in [4.78, 5) is 2.42. The molecule has 0 saturated heterocycles. The Morgan fingerprint density at radius 1 is 0.197 bits per heavy atom. The first-order valence-corrected chi connectivity index (χ1v) is 24.5. The molecule has 71 heavy (non-hydrogen) atoms. The second kappa shape index (κ2) is 18.0. The molecule has 0 aromatic heterocycles. The third-order valence-electron chi connectivity index (χ3n) is 14.3. The van der Waals surface area contributed by atoms with Crippen LogP contribution >= 0.6 is 0 Å². The number of anilines is 3. The van der Waals surface area contributed by atoms with Gasteiger partial charge in [0.1, 0.15) is 0 Å². The molecule has 1 heteroatoms. The van der Waals surface area contributed by atoms with E-state index >= 15 is 0 Å². The molecule has 0 spiro atoms. The molecule has 13 aromatic carbocycles. The van der Waals surface area contributed by atoms with Gasteiger partial charge in [-0.1, -0.05) is 243 Å². The van der Waals surface area contributed by atoms with Crippen LogP contribution in [0.4, 0.5) is 17.1 Å². The zero-order valence-electron chi connectivity index (χ0n) is 39.1. The van der Waals surface area contributed by atoms with Crippen LogP contribution in [-0.2, 0) is 0 Å². The van der Waals surface area contributed by atoms with E-state index in [1.54, 1.807) is 0 Å². The molecule has 0 fully saturated rings. The van der Waals surface area contributed by atoms with E-state index in [9.17, 15) is 0 Å². The van der Waals surface area contributed by atoms with Crippen molar-refractivity contribution in [3.05, 3.63) is 285 Å². The van der Waals surface area contributed by atoms with Gasteiger partial charge in [0.15, 0.2) is 0 Å². The Hall–Kier alpha value is -9.30. The SMILES string of the molecule is c1ccc(-c2c(-c3ccccc3)c3cc(-c4ccccc4N(c4ccc(-c5ccc(-c6cccc7ccccc67)cc5)cc4)c4ccc(-c5ccc6ccccc6c5)cc4)ccc3c3ccccc23)cc1. The summed E-state index contributed by atoms with van der Waals surface area (Å²) in [5.74, 6) is 0. The third-order valence-corrected chi connectivity index (χ3v) is 14.3. The first kappa shape index (κ1) is 41.9. The van der Waals surface area contributed by atoms with Crippen molar-refractivity contribution in [1.29, 1.82) is 0 Å². The van der Waals surface area contributed by atoms with E-state index in [1.165, 1.54) is 98.7 Å². The van der Waals surface area contributed by atoms with Gasteiger partial charge < -0.3 is 4.90 Å². The van der Waals surface area contributed by atoms with Crippen LogP contribution in [-0.4, -0.2) is 0 Å².